The first-order chi connectivity index (χ1) is 14.0. The second-order valence-electron chi connectivity index (χ2n) is 6.97. The summed E-state index contributed by atoms with van der Waals surface area (Å²) in [6.07, 6.45) is 3.80. The average molecular weight is 393 g/mol. The number of carbonyl (C=O) groups is 4. The van der Waals surface area contributed by atoms with E-state index >= 15 is 0 Å². The van der Waals surface area contributed by atoms with Crippen LogP contribution in [0.4, 0.5) is 10.5 Å². The van der Waals surface area contributed by atoms with E-state index in [1.807, 2.05) is 11.0 Å². The Balaban J connectivity index is 1.45. The van der Waals surface area contributed by atoms with Gasteiger partial charge >= 0.3 is 6.03 Å². The molecule has 4 rings (SSSR count). The number of nitrogens with one attached hydrogen (secondary N) is 3. The number of pyridine rings is 1. The zero-order valence-corrected chi connectivity index (χ0v) is 15.5. The number of aromatic nitrogens is 1. The lowest BCUT2D eigenvalue weighted by Gasteiger charge is -2.29. The number of hydrogen-bond donors (Lipinski definition) is 3. The van der Waals surface area contributed by atoms with Gasteiger partial charge in [0.2, 0.25) is 11.8 Å². The monoisotopic (exact) mass is 393 g/mol. The average Bonchev–Trinajstić information content (AvgIpc) is 3.12. The minimum Gasteiger partial charge on any atom is -0.306 e. The third-order valence-electron chi connectivity index (χ3n) is 5.05. The molecule has 1 aromatic carbocycles. The molecule has 0 saturated carbocycles. The smallest absolute Gasteiger partial charge is 0.306 e. The van der Waals surface area contributed by atoms with Crippen LogP contribution in [0, 0.1) is 0 Å². The highest BCUT2D eigenvalue weighted by molar-refractivity contribution is 6.08. The molecule has 1 atom stereocenters. The fraction of sp³-hybridized carbons (Fsp3) is 0.250. The van der Waals surface area contributed by atoms with E-state index in [1.54, 1.807) is 30.5 Å². The van der Waals surface area contributed by atoms with Crippen molar-refractivity contribution in [2.45, 2.75) is 32.0 Å². The Bertz CT molecular complexity index is 992. The molecule has 5 amide bonds. The molecule has 2 aromatic rings. The molecule has 148 valence electrons. The zero-order chi connectivity index (χ0) is 20.4. The molecule has 3 heterocycles. The van der Waals surface area contributed by atoms with Crippen LogP contribution in [0.15, 0.2) is 42.7 Å². The highest BCUT2D eigenvalue weighted by atomic mass is 16.2. The van der Waals surface area contributed by atoms with E-state index in [0.717, 1.165) is 11.1 Å². The molecule has 1 saturated heterocycles. The maximum absolute atomic E-state index is 12.7. The van der Waals surface area contributed by atoms with Crippen LogP contribution in [-0.2, 0) is 22.7 Å². The standard InChI is InChI=1S/C20H19N5O4/c26-17-7-6-16(19(28)23-17)25-10-12-3-1-5-14(15(12)11-25)18(27)24-20(29)22-13-4-2-8-21-9-13/h1-5,8-9,16H,6-7,10-11H2,(H,23,26,28)(H2,22,24,27,29). The summed E-state index contributed by atoms with van der Waals surface area (Å²) in [6, 6.07) is 7.57. The van der Waals surface area contributed by atoms with Gasteiger partial charge in [0.1, 0.15) is 0 Å². The van der Waals surface area contributed by atoms with Crippen LogP contribution < -0.4 is 16.0 Å². The molecule has 1 unspecified atom stereocenters. The van der Waals surface area contributed by atoms with Crippen molar-refractivity contribution in [1.29, 1.82) is 0 Å². The first-order valence-corrected chi connectivity index (χ1v) is 9.22. The summed E-state index contributed by atoms with van der Waals surface area (Å²) in [4.78, 5) is 54.2. The van der Waals surface area contributed by atoms with E-state index in [2.05, 4.69) is 20.9 Å². The van der Waals surface area contributed by atoms with Gasteiger partial charge < -0.3 is 5.32 Å². The highest BCUT2D eigenvalue weighted by Crippen LogP contribution is 2.29. The summed E-state index contributed by atoms with van der Waals surface area (Å²) in [5.74, 6) is -1.09. The molecule has 3 N–H and O–H groups in total. The Morgan fingerprint density at radius 1 is 1.14 bits per heavy atom. The van der Waals surface area contributed by atoms with Crippen molar-refractivity contribution in [1.82, 2.24) is 20.5 Å². The lowest BCUT2D eigenvalue weighted by atomic mass is 10.0. The Labute approximate surface area is 166 Å². The van der Waals surface area contributed by atoms with Crippen LogP contribution >= 0.6 is 0 Å². The number of nitrogens with zero attached hydrogens (tertiary/aromatic N) is 2. The number of benzene rings is 1. The molecule has 0 aliphatic carbocycles. The quantitative estimate of drug-likeness (QED) is 0.673. The van der Waals surface area contributed by atoms with Gasteiger partial charge in [0.15, 0.2) is 0 Å². The van der Waals surface area contributed by atoms with Crippen molar-refractivity contribution >= 4 is 29.4 Å². The maximum atomic E-state index is 12.7. The predicted octanol–water partition coefficient (Wildman–Crippen LogP) is 1.16. The first kappa shape index (κ1) is 18.8. The van der Waals surface area contributed by atoms with E-state index in [0.29, 0.717) is 37.2 Å². The van der Waals surface area contributed by atoms with Crippen LogP contribution in [0.1, 0.15) is 34.3 Å². The molecule has 9 nitrogen and oxygen atoms in total. The third kappa shape index (κ3) is 3.99. The number of piperidine rings is 1. The number of urea groups is 1. The van der Waals surface area contributed by atoms with Crippen molar-refractivity contribution in [2.75, 3.05) is 5.32 Å². The van der Waals surface area contributed by atoms with E-state index in [9.17, 15) is 19.2 Å². The van der Waals surface area contributed by atoms with E-state index in [1.165, 1.54) is 6.20 Å². The molecule has 29 heavy (non-hydrogen) atoms. The van der Waals surface area contributed by atoms with Crippen LogP contribution in [0.25, 0.3) is 0 Å². The Hall–Kier alpha value is -3.59. The van der Waals surface area contributed by atoms with Crippen molar-refractivity contribution in [3.63, 3.8) is 0 Å². The van der Waals surface area contributed by atoms with Gasteiger partial charge in [-0.05, 0) is 35.7 Å². The van der Waals surface area contributed by atoms with Crippen molar-refractivity contribution < 1.29 is 19.2 Å². The molecule has 2 aliphatic heterocycles. The summed E-state index contributed by atoms with van der Waals surface area (Å²) in [7, 11) is 0. The minimum absolute atomic E-state index is 0.261. The SMILES string of the molecule is O=C1CCC(N2Cc3cccc(C(=O)NC(=O)Nc4cccnc4)c3C2)C(=O)N1. The Morgan fingerprint density at radius 2 is 2.00 bits per heavy atom. The van der Waals surface area contributed by atoms with Crippen molar-refractivity contribution in [3.05, 3.63) is 59.4 Å². The Morgan fingerprint density at radius 3 is 2.76 bits per heavy atom. The molecular formula is C20H19N5O4. The fourth-order valence-corrected chi connectivity index (χ4v) is 3.68. The van der Waals surface area contributed by atoms with Gasteiger partial charge in [0.25, 0.3) is 5.91 Å². The lowest BCUT2D eigenvalue weighted by Crippen LogP contribution is -2.50. The number of rotatable bonds is 3. The predicted molar refractivity (Wildman–Crippen MR) is 103 cm³/mol. The first-order valence-electron chi connectivity index (χ1n) is 9.22. The van der Waals surface area contributed by atoms with Gasteiger partial charge in [-0.15, -0.1) is 0 Å². The van der Waals surface area contributed by atoms with Crippen LogP contribution in [0.5, 0.6) is 0 Å². The zero-order valence-electron chi connectivity index (χ0n) is 15.5. The van der Waals surface area contributed by atoms with Crippen LogP contribution in [0.3, 0.4) is 0 Å². The molecule has 9 heteroatoms. The Kier molecular flexibility index (Phi) is 5.05. The molecule has 1 aromatic heterocycles. The van der Waals surface area contributed by atoms with Gasteiger partial charge in [-0.3, -0.25) is 34.9 Å². The molecule has 0 spiro atoms. The molecule has 2 aliphatic rings. The number of anilines is 1. The van der Waals surface area contributed by atoms with E-state index < -0.39 is 18.0 Å². The normalized spacial score (nSPS) is 18.7. The molecular weight excluding hydrogens is 374 g/mol. The number of imide groups is 2. The summed E-state index contributed by atoms with van der Waals surface area (Å²) < 4.78 is 0. The van der Waals surface area contributed by atoms with E-state index in [4.69, 9.17) is 0 Å². The summed E-state index contributed by atoms with van der Waals surface area (Å²) in [6.45, 7) is 0.903. The third-order valence-corrected chi connectivity index (χ3v) is 5.05. The second-order valence-corrected chi connectivity index (χ2v) is 6.97. The largest absolute Gasteiger partial charge is 0.326 e. The number of fused-ring (bicyclic) bond motifs is 1. The maximum Gasteiger partial charge on any atom is 0.326 e. The highest BCUT2D eigenvalue weighted by Gasteiger charge is 2.36. The number of amides is 5. The van der Waals surface area contributed by atoms with Gasteiger partial charge in [-0.25, -0.2) is 4.79 Å². The molecule has 0 radical (unpaired) electrons. The molecule has 0 bridgehead atoms. The van der Waals surface area contributed by atoms with Crippen molar-refractivity contribution in [2.24, 2.45) is 0 Å². The van der Waals surface area contributed by atoms with Gasteiger partial charge in [0.05, 0.1) is 17.9 Å². The van der Waals surface area contributed by atoms with Crippen molar-refractivity contribution in [3.8, 4) is 0 Å². The van der Waals surface area contributed by atoms with Gasteiger partial charge in [0, 0.05) is 31.3 Å². The number of hydrogen-bond acceptors (Lipinski definition) is 6. The van der Waals surface area contributed by atoms with Gasteiger partial charge in [-0.1, -0.05) is 12.1 Å². The lowest BCUT2D eigenvalue weighted by molar-refractivity contribution is -0.137. The fourth-order valence-electron chi connectivity index (χ4n) is 3.68. The minimum atomic E-state index is -0.652. The summed E-state index contributed by atoms with van der Waals surface area (Å²) in [5.41, 5.74) is 2.57. The van der Waals surface area contributed by atoms with E-state index in [-0.39, 0.29) is 11.8 Å². The second kappa shape index (κ2) is 7.80. The van der Waals surface area contributed by atoms with Crippen LogP contribution in [0.2, 0.25) is 0 Å². The summed E-state index contributed by atoms with van der Waals surface area (Å²) in [5, 5.41) is 7.24. The van der Waals surface area contributed by atoms with Crippen LogP contribution in [-0.4, -0.2) is 39.7 Å². The topological polar surface area (TPSA) is 120 Å². The number of carbonyl (C=O) groups excluding carboxylic acids is 4. The van der Waals surface area contributed by atoms with Gasteiger partial charge in [-0.2, -0.15) is 0 Å². The summed E-state index contributed by atoms with van der Waals surface area (Å²) >= 11 is 0. The molecule has 1 fully saturated rings.